The highest BCUT2D eigenvalue weighted by Gasteiger charge is 2.19. The van der Waals surface area contributed by atoms with E-state index in [0.717, 1.165) is 0 Å². The molecule has 1 heterocycles. The van der Waals surface area contributed by atoms with Crippen LogP contribution in [-0.2, 0) is 0 Å². The average molecular weight is 203 g/mol. The van der Waals surface area contributed by atoms with Crippen LogP contribution in [-0.4, -0.2) is 10.9 Å². The minimum atomic E-state index is -0.541. The van der Waals surface area contributed by atoms with Crippen molar-refractivity contribution in [1.82, 2.24) is 0 Å². The summed E-state index contributed by atoms with van der Waals surface area (Å²) in [7, 11) is 0. The number of hydrogen-bond donors (Lipinski definition) is 1. The largest absolute Gasteiger partial charge is 0.616 e. The first-order valence-corrected chi connectivity index (χ1v) is 4.46. The molecule has 0 aliphatic carbocycles. The number of rotatable bonds is 1. The molecule has 1 aromatic heterocycles. The third-order valence-corrected chi connectivity index (χ3v) is 2.27. The summed E-state index contributed by atoms with van der Waals surface area (Å²) in [5.41, 5.74) is 0.0723. The SMILES string of the molecule is CC(=O)c1c(O)[n+]([O-])cc2ccccc12. The van der Waals surface area contributed by atoms with Crippen LogP contribution >= 0.6 is 0 Å². The Morgan fingerprint density at radius 2 is 2.07 bits per heavy atom. The van der Waals surface area contributed by atoms with E-state index >= 15 is 0 Å². The second-order valence-electron chi connectivity index (χ2n) is 3.30. The van der Waals surface area contributed by atoms with Gasteiger partial charge in [-0.05, 0) is 13.0 Å². The maximum absolute atomic E-state index is 11.3. The fourth-order valence-corrected chi connectivity index (χ4v) is 1.60. The fourth-order valence-electron chi connectivity index (χ4n) is 1.60. The molecule has 1 N–H and O–H groups in total. The Hall–Kier alpha value is -2.10. The van der Waals surface area contributed by atoms with Gasteiger partial charge >= 0.3 is 5.88 Å². The molecule has 4 heteroatoms. The van der Waals surface area contributed by atoms with Gasteiger partial charge in [-0.2, -0.15) is 0 Å². The van der Waals surface area contributed by atoms with Crippen molar-refractivity contribution in [1.29, 1.82) is 0 Å². The van der Waals surface area contributed by atoms with Crippen LogP contribution in [0.25, 0.3) is 10.8 Å². The molecule has 0 aliphatic rings. The van der Waals surface area contributed by atoms with E-state index in [2.05, 4.69) is 0 Å². The van der Waals surface area contributed by atoms with E-state index < -0.39 is 5.88 Å². The third kappa shape index (κ3) is 1.40. The molecule has 0 radical (unpaired) electrons. The molecule has 15 heavy (non-hydrogen) atoms. The number of carbonyl (C=O) groups is 1. The van der Waals surface area contributed by atoms with E-state index in [-0.39, 0.29) is 11.3 Å². The zero-order valence-corrected chi connectivity index (χ0v) is 8.10. The lowest BCUT2D eigenvalue weighted by molar-refractivity contribution is -0.612. The van der Waals surface area contributed by atoms with Gasteiger partial charge in [-0.1, -0.05) is 18.2 Å². The topological polar surface area (TPSA) is 64.2 Å². The van der Waals surface area contributed by atoms with Gasteiger partial charge in [0.05, 0.1) is 0 Å². The van der Waals surface area contributed by atoms with Crippen molar-refractivity contribution in [3.05, 3.63) is 41.2 Å². The number of pyridine rings is 1. The highest BCUT2D eigenvalue weighted by molar-refractivity contribution is 6.07. The second kappa shape index (κ2) is 3.24. The summed E-state index contributed by atoms with van der Waals surface area (Å²) >= 11 is 0. The molecule has 0 spiro atoms. The first-order valence-electron chi connectivity index (χ1n) is 4.46. The third-order valence-electron chi connectivity index (χ3n) is 2.27. The van der Waals surface area contributed by atoms with Gasteiger partial charge in [0.1, 0.15) is 5.56 Å². The molecule has 76 valence electrons. The van der Waals surface area contributed by atoms with E-state index in [1.165, 1.54) is 13.1 Å². The highest BCUT2D eigenvalue weighted by atomic mass is 16.5. The number of Topliss-reactive ketones (excluding diaryl/α,β-unsaturated/α-hetero) is 1. The highest BCUT2D eigenvalue weighted by Crippen LogP contribution is 2.23. The summed E-state index contributed by atoms with van der Waals surface area (Å²) in [6, 6.07) is 6.94. The standard InChI is InChI=1S/C11H9NO3/c1-7(13)10-9-5-3-2-4-8(9)6-12(15)11(10)14/h2-6,14H,1H3. The van der Waals surface area contributed by atoms with E-state index in [0.29, 0.717) is 15.5 Å². The van der Waals surface area contributed by atoms with Crippen LogP contribution in [0.1, 0.15) is 17.3 Å². The number of nitrogens with zero attached hydrogens (tertiary/aromatic N) is 1. The summed E-state index contributed by atoms with van der Waals surface area (Å²) in [4.78, 5) is 11.3. The smallest absolute Gasteiger partial charge is 0.388 e. The van der Waals surface area contributed by atoms with E-state index in [1.807, 2.05) is 0 Å². The molecule has 0 bridgehead atoms. The van der Waals surface area contributed by atoms with Crippen molar-refractivity contribution in [3.8, 4) is 5.88 Å². The van der Waals surface area contributed by atoms with Gasteiger partial charge in [0.15, 0.2) is 12.0 Å². The Kier molecular flexibility index (Phi) is 2.04. The van der Waals surface area contributed by atoms with Crippen molar-refractivity contribution < 1.29 is 14.6 Å². The Morgan fingerprint density at radius 1 is 1.40 bits per heavy atom. The monoisotopic (exact) mass is 203 g/mol. The van der Waals surface area contributed by atoms with E-state index in [9.17, 15) is 15.1 Å². The van der Waals surface area contributed by atoms with Crippen LogP contribution in [0, 0.1) is 5.21 Å². The molecule has 0 aliphatic heterocycles. The van der Waals surface area contributed by atoms with Crippen molar-refractivity contribution >= 4 is 16.6 Å². The normalized spacial score (nSPS) is 10.5. The summed E-state index contributed by atoms with van der Waals surface area (Å²) < 4.78 is 0.305. The van der Waals surface area contributed by atoms with Crippen molar-refractivity contribution in [2.24, 2.45) is 0 Å². The van der Waals surface area contributed by atoms with Crippen molar-refractivity contribution in [3.63, 3.8) is 0 Å². The molecule has 0 unspecified atom stereocenters. The Bertz CT molecular complexity index is 549. The summed E-state index contributed by atoms with van der Waals surface area (Å²) in [5.74, 6) is -0.866. The molecule has 0 amide bonds. The first-order chi connectivity index (χ1) is 7.11. The maximum atomic E-state index is 11.3. The second-order valence-corrected chi connectivity index (χ2v) is 3.30. The molecule has 1 aromatic carbocycles. The predicted molar refractivity (Wildman–Crippen MR) is 54.6 cm³/mol. The van der Waals surface area contributed by atoms with Crippen LogP contribution in [0.3, 0.4) is 0 Å². The minimum absolute atomic E-state index is 0.0723. The number of hydrogen-bond acceptors (Lipinski definition) is 3. The molecule has 0 saturated carbocycles. The zero-order chi connectivity index (χ0) is 11.0. The van der Waals surface area contributed by atoms with Gasteiger partial charge < -0.3 is 10.3 Å². The van der Waals surface area contributed by atoms with Gasteiger partial charge in [-0.25, -0.2) is 0 Å². The Labute approximate surface area is 86.0 Å². The molecular weight excluding hydrogens is 194 g/mol. The lowest BCUT2D eigenvalue weighted by Gasteiger charge is -2.05. The predicted octanol–water partition coefficient (Wildman–Crippen LogP) is 1.38. The molecular formula is C11H9NO3. The van der Waals surface area contributed by atoms with Crippen LogP contribution in [0.15, 0.2) is 30.5 Å². The van der Waals surface area contributed by atoms with Gasteiger partial charge in [0.25, 0.3) is 0 Å². The minimum Gasteiger partial charge on any atom is -0.616 e. The van der Waals surface area contributed by atoms with Crippen molar-refractivity contribution in [2.75, 3.05) is 0 Å². The molecule has 0 saturated heterocycles. The van der Waals surface area contributed by atoms with Crippen LogP contribution in [0.4, 0.5) is 0 Å². The Balaban J connectivity index is 2.95. The van der Waals surface area contributed by atoms with Crippen molar-refractivity contribution in [2.45, 2.75) is 6.92 Å². The zero-order valence-electron chi connectivity index (χ0n) is 8.10. The molecule has 0 fully saturated rings. The molecule has 0 atom stereocenters. The van der Waals surface area contributed by atoms with E-state index in [4.69, 9.17) is 0 Å². The first kappa shape index (κ1) is 9.45. The summed E-state index contributed by atoms with van der Waals surface area (Å²) in [6.45, 7) is 1.32. The van der Waals surface area contributed by atoms with Gasteiger partial charge in [0.2, 0.25) is 0 Å². The number of aromatic hydroxyl groups is 1. The number of ketones is 1. The number of fused-ring (bicyclic) bond motifs is 1. The lowest BCUT2D eigenvalue weighted by atomic mass is 10.0. The quantitative estimate of drug-likeness (QED) is 0.432. The maximum Gasteiger partial charge on any atom is 0.388 e. The van der Waals surface area contributed by atoms with Crippen LogP contribution in [0.2, 0.25) is 0 Å². The molecule has 2 aromatic rings. The summed E-state index contributed by atoms with van der Waals surface area (Å²) in [6.07, 6.45) is 1.25. The van der Waals surface area contributed by atoms with Gasteiger partial charge in [0, 0.05) is 10.8 Å². The van der Waals surface area contributed by atoms with Gasteiger partial charge in [-0.15, -0.1) is 4.73 Å². The van der Waals surface area contributed by atoms with Crippen LogP contribution in [0.5, 0.6) is 5.88 Å². The summed E-state index contributed by atoms with van der Waals surface area (Å²) in [5, 5.41) is 22.0. The fraction of sp³-hybridized carbons (Fsp3) is 0.0909. The molecule has 4 nitrogen and oxygen atoms in total. The Morgan fingerprint density at radius 3 is 2.73 bits per heavy atom. The number of aromatic nitrogens is 1. The van der Waals surface area contributed by atoms with Crippen LogP contribution < -0.4 is 4.73 Å². The molecule has 2 rings (SSSR count). The number of benzene rings is 1. The lowest BCUT2D eigenvalue weighted by Crippen LogP contribution is -2.27. The number of carbonyl (C=O) groups excluding carboxylic acids is 1. The average Bonchev–Trinajstić information content (AvgIpc) is 2.19. The van der Waals surface area contributed by atoms with E-state index in [1.54, 1.807) is 24.3 Å². The van der Waals surface area contributed by atoms with Gasteiger partial charge in [-0.3, -0.25) is 4.79 Å².